The first-order chi connectivity index (χ1) is 8.74. The van der Waals surface area contributed by atoms with Gasteiger partial charge >= 0.3 is 0 Å². The van der Waals surface area contributed by atoms with E-state index in [9.17, 15) is 4.79 Å². The van der Waals surface area contributed by atoms with E-state index in [-0.39, 0.29) is 11.7 Å². The summed E-state index contributed by atoms with van der Waals surface area (Å²) >= 11 is 0. The monoisotopic (exact) mass is 244 g/mol. The van der Waals surface area contributed by atoms with Crippen molar-refractivity contribution in [2.75, 3.05) is 13.1 Å². The average Bonchev–Trinajstić information content (AvgIpc) is 2.78. The first-order valence-corrected chi connectivity index (χ1v) is 6.36. The van der Waals surface area contributed by atoms with Crippen molar-refractivity contribution in [3.05, 3.63) is 29.7 Å². The number of hydrogen-bond acceptors (Lipinski definition) is 4. The van der Waals surface area contributed by atoms with Gasteiger partial charge in [0.1, 0.15) is 5.52 Å². The molecule has 0 spiro atoms. The van der Waals surface area contributed by atoms with Crippen LogP contribution in [0.3, 0.4) is 0 Å². The lowest BCUT2D eigenvalue weighted by Gasteiger charge is -2.21. The number of rotatable bonds is 2. The number of piperidine rings is 1. The Morgan fingerprint density at radius 1 is 1.39 bits per heavy atom. The molecule has 18 heavy (non-hydrogen) atoms. The quantitative estimate of drug-likeness (QED) is 0.824. The highest BCUT2D eigenvalue weighted by Crippen LogP contribution is 2.22. The molecule has 1 aliphatic heterocycles. The van der Waals surface area contributed by atoms with E-state index in [1.54, 1.807) is 0 Å². The molecule has 1 aromatic carbocycles. The Labute approximate surface area is 105 Å². The van der Waals surface area contributed by atoms with Gasteiger partial charge in [-0.2, -0.15) is 0 Å². The van der Waals surface area contributed by atoms with Crippen molar-refractivity contribution in [2.45, 2.75) is 19.8 Å². The SMILES string of the molecule is Cc1nc2ccc(C(=O)C3CCNCC3)cc2o1. The number of Topliss-reactive ketones (excluding diaryl/α,β-unsaturated/α-hetero) is 1. The molecule has 4 nitrogen and oxygen atoms in total. The van der Waals surface area contributed by atoms with Gasteiger partial charge in [-0.05, 0) is 44.1 Å². The van der Waals surface area contributed by atoms with Crippen LogP contribution in [0.15, 0.2) is 22.6 Å². The fourth-order valence-electron chi connectivity index (χ4n) is 2.51. The van der Waals surface area contributed by atoms with Crippen molar-refractivity contribution in [3.8, 4) is 0 Å². The normalized spacial score (nSPS) is 17.2. The van der Waals surface area contributed by atoms with Gasteiger partial charge in [-0.3, -0.25) is 4.79 Å². The second kappa shape index (κ2) is 4.53. The average molecular weight is 244 g/mol. The molecule has 1 fully saturated rings. The molecular weight excluding hydrogens is 228 g/mol. The molecule has 1 N–H and O–H groups in total. The number of hydrogen-bond donors (Lipinski definition) is 1. The highest BCUT2D eigenvalue weighted by molar-refractivity contribution is 6.00. The highest BCUT2D eigenvalue weighted by atomic mass is 16.3. The van der Waals surface area contributed by atoms with E-state index in [1.165, 1.54) is 0 Å². The maximum Gasteiger partial charge on any atom is 0.192 e. The molecule has 2 heterocycles. The largest absolute Gasteiger partial charge is 0.441 e. The molecule has 0 aliphatic carbocycles. The summed E-state index contributed by atoms with van der Waals surface area (Å²) in [5.74, 6) is 1.01. The van der Waals surface area contributed by atoms with Gasteiger partial charge in [0, 0.05) is 18.4 Å². The number of nitrogens with zero attached hydrogens (tertiary/aromatic N) is 1. The van der Waals surface area contributed by atoms with Crippen molar-refractivity contribution >= 4 is 16.9 Å². The Balaban J connectivity index is 1.90. The van der Waals surface area contributed by atoms with E-state index in [0.717, 1.165) is 37.0 Å². The van der Waals surface area contributed by atoms with Crippen LogP contribution in [0, 0.1) is 12.8 Å². The highest BCUT2D eigenvalue weighted by Gasteiger charge is 2.22. The van der Waals surface area contributed by atoms with E-state index < -0.39 is 0 Å². The van der Waals surface area contributed by atoms with Crippen molar-refractivity contribution in [2.24, 2.45) is 5.92 Å². The van der Waals surface area contributed by atoms with Crippen LogP contribution in [0.1, 0.15) is 29.1 Å². The number of ketones is 1. The number of aromatic nitrogens is 1. The Morgan fingerprint density at radius 3 is 2.94 bits per heavy atom. The summed E-state index contributed by atoms with van der Waals surface area (Å²) < 4.78 is 5.47. The van der Waals surface area contributed by atoms with Crippen LogP contribution in [0.2, 0.25) is 0 Å². The third kappa shape index (κ3) is 2.04. The number of oxazole rings is 1. The maximum atomic E-state index is 12.4. The summed E-state index contributed by atoms with van der Waals surface area (Å²) in [7, 11) is 0. The van der Waals surface area contributed by atoms with Crippen LogP contribution in [-0.4, -0.2) is 23.9 Å². The number of carbonyl (C=O) groups excluding carboxylic acids is 1. The standard InChI is InChI=1S/C14H16N2O2/c1-9-16-12-3-2-11(8-13(12)18-9)14(17)10-4-6-15-7-5-10/h2-3,8,10,15H,4-7H2,1H3. The van der Waals surface area contributed by atoms with Crippen molar-refractivity contribution < 1.29 is 9.21 Å². The summed E-state index contributed by atoms with van der Waals surface area (Å²) in [6.45, 7) is 3.68. The first-order valence-electron chi connectivity index (χ1n) is 6.36. The van der Waals surface area contributed by atoms with Crippen LogP contribution < -0.4 is 5.32 Å². The van der Waals surface area contributed by atoms with Gasteiger partial charge in [0.2, 0.25) is 0 Å². The van der Waals surface area contributed by atoms with Crippen LogP contribution in [0.4, 0.5) is 0 Å². The van der Waals surface area contributed by atoms with Crippen molar-refractivity contribution in [3.63, 3.8) is 0 Å². The Hall–Kier alpha value is -1.68. The van der Waals surface area contributed by atoms with Crippen LogP contribution in [-0.2, 0) is 0 Å². The lowest BCUT2D eigenvalue weighted by atomic mass is 9.89. The van der Waals surface area contributed by atoms with Crippen LogP contribution in [0.5, 0.6) is 0 Å². The summed E-state index contributed by atoms with van der Waals surface area (Å²) in [4.78, 5) is 16.6. The predicted octanol–water partition coefficient (Wildman–Crippen LogP) is 2.32. The van der Waals surface area contributed by atoms with Crippen molar-refractivity contribution in [1.29, 1.82) is 0 Å². The molecule has 0 unspecified atom stereocenters. The van der Waals surface area contributed by atoms with Crippen LogP contribution >= 0.6 is 0 Å². The molecule has 94 valence electrons. The molecule has 0 bridgehead atoms. The van der Waals surface area contributed by atoms with E-state index in [4.69, 9.17) is 4.42 Å². The summed E-state index contributed by atoms with van der Waals surface area (Å²) in [6, 6.07) is 5.54. The van der Waals surface area contributed by atoms with Gasteiger partial charge in [0.05, 0.1) is 0 Å². The number of carbonyl (C=O) groups is 1. The Bertz CT molecular complexity index is 582. The summed E-state index contributed by atoms with van der Waals surface area (Å²) in [5, 5.41) is 3.27. The van der Waals surface area contributed by atoms with Crippen LogP contribution in [0.25, 0.3) is 11.1 Å². The zero-order valence-electron chi connectivity index (χ0n) is 10.4. The second-order valence-corrected chi connectivity index (χ2v) is 4.80. The van der Waals surface area contributed by atoms with Gasteiger partial charge in [-0.25, -0.2) is 4.98 Å². The lowest BCUT2D eigenvalue weighted by Crippen LogP contribution is -2.31. The number of fused-ring (bicyclic) bond motifs is 1. The second-order valence-electron chi connectivity index (χ2n) is 4.80. The minimum Gasteiger partial charge on any atom is -0.441 e. The third-order valence-corrected chi connectivity index (χ3v) is 3.49. The van der Waals surface area contributed by atoms with E-state index in [1.807, 2.05) is 25.1 Å². The molecule has 0 atom stereocenters. The minimum absolute atomic E-state index is 0.146. The van der Waals surface area contributed by atoms with Crippen molar-refractivity contribution in [1.82, 2.24) is 10.3 Å². The molecule has 2 aromatic rings. The smallest absolute Gasteiger partial charge is 0.192 e. The lowest BCUT2D eigenvalue weighted by molar-refractivity contribution is 0.0895. The first kappa shape index (κ1) is 11.4. The number of aryl methyl sites for hydroxylation is 1. The summed E-state index contributed by atoms with van der Waals surface area (Å²) in [6.07, 6.45) is 1.85. The molecule has 4 heteroatoms. The molecule has 1 aliphatic rings. The molecule has 1 saturated heterocycles. The van der Waals surface area contributed by atoms with Gasteiger partial charge in [-0.15, -0.1) is 0 Å². The molecule has 0 radical (unpaired) electrons. The fraction of sp³-hybridized carbons (Fsp3) is 0.429. The maximum absolute atomic E-state index is 12.4. The van der Waals surface area contributed by atoms with Gasteiger partial charge in [-0.1, -0.05) is 0 Å². The Morgan fingerprint density at radius 2 is 2.17 bits per heavy atom. The molecule has 0 amide bonds. The number of nitrogens with one attached hydrogen (secondary N) is 1. The zero-order chi connectivity index (χ0) is 12.5. The van der Waals surface area contributed by atoms with E-state index in [0.29, 0.717) is 11.5 Å². The molecular formula is C14H16N2O2. The summed E-state index contributed by atoms with van der Waals surface area (Å²) in [5.41, 5.74) is 2.26. The fourth-order valence-corrected chi connectivity index (χ4v) is 2.51. The van der Waals surface area contributed by atoms with Gasteiger partial charge in [0.15, 0.2) is 17.3 Å². The minimum atomic E-state index is 0.146. The topological polar surface area (TPSA) is 55.1 Å². The van der Waals surface area contributed by atoms with E-state index >= 15 is 0 Å². The molecule has 3 rings (SSSR count). The van der Waals surface area contributed by atoms with E-state index in [2.05, 4.69) is 10.3 Å². The van der Waals surface area contributed by atoms with Gasteiger partial charge in [0.25, 0.3) is 0 Å². The molecule has 0 saturated carbocycles. The van der Waals surface area contributed by atoms with Gasteiger partial charge < -0.3 is 9.73 Å². The number of benzene rings is 1. The third-order valence-electron chi connectivity index (χ3n) is 3.49. The zero-order valence-corrected chi connectivity index (χ0v) is 10.4. The Kier molecular flexibility index (Phi) is 2.88. The molecule has 1 aromatic heterocycles. The predicted molar refractivity (Wildman–Crippen MR) is 68.7 cm³/mol.